The van der Waals surface area contributed by atoms with Crippen LogP contribution in [0, 0.1) is 0 Å². The number of hydrogen-bond donors (Lipinski definition) is 0. The van der Waals surface area contributed by atoms with Crippen LogP contribution in [-0.2, 0) is 7.05 Å². The summed E-state index contributed by atoms with van der Waals surface area (Å²) in [6, 6.07) is 20.5. The smallest absolute Gasteiger partial charge is 0.148 e. The SMILES string of the molecule is CSc1ncnc2sc(-c3c(-c4ccccc4)nc(-c4ccccc4)n3C)nc12. The molecule has 5 nitrogen and oxygen atoms in total. The van der Waals surface area contributed by atoms with E-state index in [-0.39, 0.29) is 0 Å². The summed E-state index contributed by atoms with van der Waals surface area (Å²) in [5.41, 5.74) is 4.90. The summed E-state index contributed by atoms with van der Waals surface area (Å²) < 4.78 is 2.13. The first kappa shape index (κ1) is 18.0. The molecule has 0 unspecified atom stereocenters. The molecule has 0 radical (unpaired) electrons. The predicted molar refractivity (Wildman–Crippen MR) is 120 cm³/mol. The Labute approximate surface area is 176 Å². The summed E-state index contributed by atoms with van der Waals surface area (Å²) in [5.74, 6) is 0.912. The van der Waals surface area contributed by atoms with Crippen LogP contribution in [0.25, 0.3) is 43.7 Å². The van der Waals surface area contributed by atoms with E-state index >= 15 is 0 Å². The Balaban J connectivity index is 1.79. The number of imidazole rings is 1. The lowest BCUT2D eigenvalue weighted by Crippen LogP contribution is -1.95. The van der Waals surface area contributed by atoms with Crippen LogP contribution in [0.5, 0.6) is 0 Å². The fourth-order valence-electron chi connectivity index (χ4n) is 3.37. The maximum absolute atomic E-state index is 5.03. The first-order valence-electron chi connectivity index (χ1n) is 9.09. The topological polar surface area (TPSA) is 56.5 Å². The van der Waals surface area contributed by atoms with E-state index in [0.29, 0.717) is 0 Å². The van der Waals surface area contributed by atoms with E-state index in [9.17, 15) is 0 Å². The summed E-state index contributed by atoms with van der Waals surface area (Å²) >= 11 is 3.16. The third-order valence-corrected chi connectivity index (χ3v) is 6.39. The highest BCUT2D eigenvalue weighted by Gasteiger charge is 2.22. The van der Waals surface area contributed by atoms with Gasteiger partial charge in [-0.3, -0.25) is 0 Å². The summed E-state index contributed by atoms with van der Waals surface area (Å²) in [6.45, 7) is 0. The molecule has 0 fully saturated rings. The molecule has 0 amide bonds. The molecule has 0 saturated heterocycles. The van der Waals surface area contributed by atoms with Crippen LogP contribution in [0.15, 0.2) is 72.0 Å². The number of thiazole rings is 1. The first-order valence-corrected chi connectivity index (χ1v) is 11.1. The summed E-state index contributed by atoms with van der Waals surface area (Å²) in [4.78, 5) is 19.6. The molecule has 0 bridgehead atoms. The van der Waals surface area contributed by atoms with Crippen molar-refractivity contribution in [2.45, 2.75) is 5.03 Å². The van der Waals surface area contributed by atoms with E-state index in [1.54, 1.807) is 29.4 Å². The van der Waals surface area contributed by atoms with E-state index in [2.05, 4.69) is 38.8 Å². The normalized spacial score (nSPS) is 11.2. The van der Waals surface area contributed by atoms with Gasteiger partial charge in [0, 0.05) is 18.2 Å². The van der Waals surface area contributed by atoms with Crippen LogP contribution in [-0.4, -0.2) is 30.8 Å². The molecule has 29 heavy (non-hydrogen) atoms. The highest BCUT2D eigenvalue weighted by Crippen LogP contribution is 2.39. The molecular formula is C22H17N5S2. The van der Waals surface area contributed by atoms with Gasteiger partial charge in [0.1, 0.15) is 38.2 Å². The lowest BCUT2D eigenvalue weighted by atomic mass is 10.1. The molecule has 0 spiro atoms. The summed E-state index contributed by atoms with van der Waals surface area (Å²) in [5, 5.41) is 1.79. The van der Waals surface area contributed by atoms with Gasteiger partial charge in [-0.1, -0.05) is 72.0 Å². The molecule has 142 valence electrons. The fraction of sp³-hybridized carbons (Fsp3) is 0.0909. The molecule has 5 rings (SSSR count). The molecule has 2 aromatic carbocycles. The molecular weight excluding hydrogens is 398 g/mol. The largest absolute Gasteiger partial charge is 0.325 e. The number of fused-ring (bicyclic) bond motifs is 1. The van der Waals surface area contributed by atoms with Gasteiger partial charge in [-0.05, 0) is 6.26 Å². The third kappa shape index (κ3) is 3.12. The number of rotatable bonds is 4. The second kappa shape index (κ2) is 7.42. The molecule has 5 aromatic rings. The average molecular weight is 416 g/mol. The van der Waals surface area contributed by atoms with Crippen molar-refractivity contribution in [2.24, 2.45) is 7.05 Å². The average Bonchev–Trinajstić information content (AvgIpc) is 3.35. The summed E-state index contributed by atoms with van der Waals surface area (Å²) in [6.07, 6.45) is 3.61. The number of aromatic nitrogens is 5. The monoisotopic (exact) mass is 415 g/mol. The second-order valence-corrected chi connectivity index (χ2v) is 8.25. The predicted octanol–water partition coefficient (Wildman–Crippen LogP) is 5.54. The van der Waals surface area contributed by atoms with Crippen LogP contribution in [0.4, 0.5) is 0 Å². The van der Waals surface area contributed by atoms with Gasteiger partial charge in [-0.15, -0.1) is 11.8 Å². The van der Waals surface area contributed by atoms with Gasteiger partial charge in [-0.25, -0.2) is 19.9 Å². The Morgan fingerprint density at radius 2 is 1.55 bits per heavy atom. The molecule has 3 aromatic heterocycles. The van der Waals surface area contributed by atoms with Crippen molar-refractivity contribution in [1.82, 2.24) is 24.5 Å². The molecule has 0 atom stereocenters. The summed E-state index contributed by atoms with van der Waals surface area (Å²) in [7, 11) is 2.05. The lowest BCUT2D eigenvalue weighted by Gasteiger charge is -2.05. The molecule has 0 aliphatic rings. The maximum atomic E-state index is 5.03. The highest BCUT2D eigenvalue weighted by molar-refractivity contribution is 7.98. The minimum atomic E-state index is 0.849. The van der Waals surface area contributed by atoms with Crippen LogP contribution in [0.1, 0.15) is 0 Å². The third-order valence-electron chi connectivity index (χ3n) is 4.73. The van der Waals surface area contributed by atoms with Crippen molar-refractivity contribution in [3.63, 3.8) is 0 Å². The van der Waals surface area contributed by atoms with Gasteiger partial charge in [-0.2, -0.15) is 0 Å². The van der Waals surface area contributed by atoms with Crippen molar-refractivity contribution in [2.75, 3.05) is 6.26 Å². The number of nitrogens with zero attached hydrogens (tertiary/aromatic N) is 5. The second-order valence-electron chi connectivity index (χ2n) is 6.48. The van der Waals surface area contributed by atoms with Crippen molar-refractivity contribution < 1.29 is 0 Å². The van der Waals surface area contributed by atoms with Gasteiger partial charge in [0.2, 0.25) is 0 Å². The zero-order valence-corrected chi connectivity index (χ0v) is 17.5. The Morgan fingerprint density at radius 1 is 0.862 bits per heavy atom. The standard InChI is InChI=1S/C22H17N5S2/c1-27-18(22-26-17-20(28-2)23-13-24-21(17)29-22)16(14-9-5-3-6-10-14)25-19(27)15-11-7-4-8-12-15/h3-13H,1-2H3. The van der Waals surface area contributed by atoms with Gasteiger partial charge in [0.25, 0.3) is 0 Å². The molecule has 3 heterocycles. The molecule has 7 heteroatoms. The van der Waals surface area contributed by atoms with E-state index in [4.69, 9.17) is 9.97 Å². The zero-order valence-electron chi connectivity index (χ0n) is 15.9. The maximum Gasteiger partial charge on any atom is 0.148 e. The molecule has 0 N–H and O–H groups in total. The van der Waals surface area contributed by atoms with Crippen molar-refractivity contribution in [1.29, 1.82) is 0 Å². The molecule has 0 saturated carbocycles. The van der Waals surface area contributed by atoms with Gasteiger partial charge in [0.05, 0.1) is 5.69 Å². The highest BCUT2D eigenvalue weighted by atomic mass is 32.2. The van der Waals surface area contributed by atoms with Crippen LogP contribution in [0.2, 0.25) is 0 Å². The van der Waals surface area contributed by atoms with E-state index in [1.807, 2.05) is 49.7 Å². The van der Waals surface area contributed by atoms with Crippen molar-refractivity contribution >= 4 is 33.4 Å². The van der Waals surface area contributed by atoms with Crippen molar-refractivity contribution in [3.05, 3.63) is 67.0 Å². The van der Waals surface area contributed by atoms with Gasteiger partial charge < -0.3 is 4.57 Å². The first-order chi connectivity index (χ1) is 14.3. The Morgan fingerprint density at radius 3 is 2.24 bits per heavy atom. The Kier molecular flexibility index (Phi) is 4.61. The number of benzene rings is 2. The van der Waals surface area contributed by atoms with Crippen LogP contribution < -0.4 is 0 Å². The van der Waals surface area contributed by atoms with Crippen LogP contribution >= 0.6 is 23.1 Å². The minimum Gasteiger partial charge on any atom is -0.325 e. The molecule has 0 aliphatic carbocycles. The number of thioether (sulfide) groups is 1. The van der Waals surface area contributed by atoms with E-state index in [1.165, 1.54) is 0 Å². The van der Waals surface area contributed by atoms with E-state index < -0.39 is 0 Å². The Hall–Kier alpha value is -3.03. The van der Waals surface area contributed by atoms with Crippen molar-refractivity contribution in [3.8, 4) is 33.3 Å². The van der Waals surface area contributed by atoms with Gasteiger partial charge >= 0.3 is 0 Å². The number of hydrogen-bond acceptors (Lipinski definition) is 6. The van der Waals surface area contributed by atoms with Crippen LogP contribution in [0.3, 0.4) is 0 Å². The van der Waals surface area contributed by atoms with Gasteiger partial charge in [0.15, 0.2) is 0 Å². The zero-order chi connectivity index (χ0) is 19.8. The van der Waals surface area contributed by atoms with E-state index in [0.717, 1.165) is 48.7 Å². The minimum absolute atomic E-state index is 0.849. The molecule has 0 aliphatic heterocycles. The lowest BCUT2D eigenvalue weighted by molar-refractivity contribution is 0.931. The quantitative estimate of drug-likeness (QED) is 0.285. The fourth-order valence-corrected chi connectivity index (χ4v) is 4.91. The Bertz CT molecular complexity index is 1290.